The summed E-state index contributed by atoms with van der Waals surface area (Å²) in [7, 11) is 0. The summed E-state index contributed by atoms with van der Waals surface area (Å²) < 4.78 is 0. The van der Waals surface area contributed by atoms with Crippen LogP contribution in [0.3, 0.4) is 0 Å². The number of hydrogen-bond donors (Lipinski definition) is 1. The Labute approximate surface area is 96.5 Å². The molecule has 86 valence electrons. The second-order valence-electron chi connectivity index (χ2n) is 4.21. The molecule has 0 radical (unpaired) electrons. The molecule has 1 fully saturated rings. The van der Waals surface area contributed by atoms with Gasteiger partial charge in [0.25, 0.3) is 0 Å². The number of nitrogens with zero attached hydrogens (tertiary/aromatic N) is 1. The zero-order valence-corrected chi connectivity index (χ0v) is 9.65. The van der Waals surface area contributed by atoms with Crippen molar-refractivity contribution in [3.8, 4) is 0 Å². The quantitative estimate of drug-likeness (QED) is 0.828. The smallest absolute Gasteiger partial charge is 0.241 e. The number of carbonyl (C=O) groups is 1. The highest BCUT2D eigenvalue weighted by molar-refractivity contribution is 5.84. The zero-order chi connectivity index (χ0) is 11.4. The van der Waals surface area contributed by atoms with E-state index in [-0.39, 0.29) is 11.9 Å². The number of hydrogen-bond acceptors (Lipinski definition) is 2. The van der Waals surface area contributed by atoms with Crippen LogP contribution >= 0.6 is 0 Å². The highest BCUT2D eigenvalue weighted by atomic mass is 16.2. The normalized spacial score (nSPS) is 20.4. The molecule has 0 aliphatic carbocycles. The van der Waals surface area contributed by atoms with E-state index in [0.717, 1.165) is 19.4 Å². The molecule has 0 saturated carbocycles. The van der Waals surface area contributed by atoms with Gasteiger partial charge in [0.05, 0.1) is 12.7 Å². The minimum absolute atomic E-state index is 0.0334. The maximum absolute atomic E-state index is 12.0. The Morgan fingerprint density at radius 2 is 2.12 bits per heavy atom. The first kappa shape index (κ1) is 11.1. The van der Waals surface area contributed by atoms with Gasteiger partial charge in [-0.05, 0) is 18.4 Å². The summed E-state index contributed by atoms with van der Waals surface area (Å²) in [6, 6.07) is 10.1. The standard InChI is InChI=1S/C13H18N2O/c1-2-8-15-10-14-12(13(15)16)9-11-6-4-3-5-7-11/h3-7,12,14H,2,8-10H2,1H3. The van der Waals surface area contributed by atoms with Gasteiger partial charge >= 0.3 is 0 Å². The summed E-state index contributed by atoms with van der Waals surface area (Å²) in [5.41, 5.74) is 1.21. The van der Waals surface area contributed by atoms with Crippen LogP contribution in [-0.2, 0) is 11.2 Å². The Bertz CT molecular complexity index is 350. The van der Waals surface area contributed by atoms with Crippen molar-refractivity contribution in [2.45, 2.75) is 25.8 Å². The van der Waals surface area contributed by atoms with Gasteiger partial charge < -0.3 is 4.90 Å². The fourth-order valence-corrected chi connectivity index (χ4v) is 2.07. The lowest BCUT2D eigenvalue weighted by Crippen LogP contribution is -2.32. The largest absolute Gasteiger partial charge is 0.329 e. The molecule has 1 aromatic carbocycles. The third kappa shape index (κ3) is 2.42. The summed E-state index contributed by atoms with van der Waals surface area (Å²) in [6.45, 7) is 3.65. The van der Waals surface area contributed by atoms with Crippen molar-refractivity contribution in [2.75, 3.05) is 13.2 Å². The predicted octanol–water partition coefficient (Wildman–Crippen LogP) is 1.40. The molecule has 3 heteroatoms. The molecule has 1 amide bonds. The molecular formula is C13H18N2O. The average molecular weight is 218 g/mol. The third-order valence-corrected chi connectivity index (χ3v) is 2.91. The van der Waals surface area contributed by atoms with E-state index in [1.807, 2.05) is 23.1 Å². The zero-order valence-electron chi connectivity index (χ0n) is 9.65. The van der Waals surface area contributed by atoms with Crippen LogP contribution in [0.2, 0.25) is 0 Å². The van der Waals surface area contributed by atoms with Gasteiger partial charge in [0.1, 0.15) is 0 Å². The maximum Gasteiger partial charge on any atom is 0.241 e. The number of carbonyl (C=O) groups excluding carboxylic acids is 1. The molecule has 1 aliphatic rings. The average Bonchev–Trinajstić information content (AvgIpc) is 2.64. The number of rotatable bonds is 4. The van der Waals surface area contributed by atoms with Crippen molar-refractivity contribution in [1.82, 2.24) is 10.2 Å². The molecule has 0 spiro atoms. The Balaban J connectivity index is 1.95. The van der Waals surface area contributed by atoms with Crippen LogP contribution < -0.4 is 5.32 Å². The van der Waals surface area contributed by atoms with Crippen LogP contribution in [0, 0.1) is 0 Å². The molecule has 1 N–H and O–H groups in total. The fraction of sp³-hybridized carbons (Fsp3) is 0.462. The first-order chi connectivity index (χ1) is 7.81. The van der Waals surface area contributed by atoms with Crippen LogP contribution in [0.5, 0.6) is 0 Å². The SMILES string of the molecule is CCCN1CNC(Cc2ccccc2)C1=O. The summed E-state index contributed by atoms with van der Waals surface area (Å²) in [5, 5.41) is 3.27. The lowest BCUT2D eigenvalue weighted by molar-refractivity contribution is -0.128. The first-order valence-electron chi connectivity index (χ1n) is 5.87. The van der Waals surface area contributed by atoms with E-state index in [9.17, 15) is 4.79 Å². The summed E-state index contributed by atoms with van der Waals surface area (Å²) in [6.07, 6.45) is 1.81. The van der Waals surface area contributed by atoms with E-state index in [1.54, 1.807) is 0 Å². The van der Waals surface area contributed by atoms with Crippen molar-refractivity contribution >= 4 is 5.91 Å². The molecule has 1 saturated heterocycles. The third-order valence-electron chi connectivity index (χ3n) is 2.91. The molecule has 16 heavy (non-hydrogen) atoms. The van der Waals surface area contributed by atoms with E-state index in [0.29, 0.717) is 6.67 Å². The lowest BCUT2D eigenvalue weighted by atomic mass is 10.1. The van der Waals surface area contributed by atoms with Crippen molar-refractivity contribution in [1.29, 1.82) is 0 Å². The van der Waals surface area contributed by atoms with Crippen LogP contribution in [-0.4, -0.2) is 30.1 Å². The molecular weight excluding hydrogens is 200 g/mol. The van der Waals surface area contributed by atoms with E-state index in [1.165, 1.54) is 5.56 Å². The van der Waals surface area contributed by atoms with Crippen LogP contribution in [0.4, 0.5) is 0 Å². The van der Waals surface area contributed by atoms with E-state index >= 15 is 0 Å². The summed E-state index contributed by atoms with van der Waals surface area (Å²) in [5.74, 6) is 0.241. The van der Waals surface area contributed by atoms with Crippen LogP contribution in [0.1, 0.15) is 18.9 Å². The Kier molecular flexibility index (Phi) is 3.57. The van der Waals surface area contributed by atoms with E-state index < -0.39 is 0 Å². The number of amides is 1. The minimum atomic E-state index is -0.0334. The van der Waals surface area contributed by atoms with Crippen LogP contribution in [0.25, 0.3) is 0 Å². The van der Waals surface area contributed by atoms with Gasteiger partial charge in [-0.15, -0.1) is 0 Å². The summed E-state index contributed by atoms with van der Waals surface area (Å²) in [4.78, 5) is 13.9. The van der Waals surface area contributed by atoms with Gasteiger partial charge in [-0.3, -0.25) is 10.1 Å². The molecule has 1 atom stereocenters. The molecule has 3 nitrogen and oxygen atoms in total. The molecule has 2 rings (SSSR count). The summed E-state index contributed by atoms with van der Waals surface area (Å²) >= 11 is 0. The van der Waals surface area contributed by atoms with Gasteiger partial charge in [0.2, 0.25) is 5.91 Å². The highest BCUT2D eigenvalue weighted by Crippen LogP contribution is 2.10. The first-order valence-corrected chi connectivity index (χ1v) is 5.87. The molecule has 1 heterocycles. The van der Waals surface area contributed by atoms with Crippen LogP contribution in [0.15, 0.2) is 30.3 Å². The fourth-order valence-electron chi connectivity index (χ4n) is 2.07. The van der Waals surface area contributed by atoms with Crippen molar-refractivity contribution < 1.29 is 4.79 Å². The molecule has 1 aliphatic heterocycles. The van der Waals surface area contributed by atoms with Crippen molar-refractivity contribution in [3.05, 3.63) is 35.9 Å². The lowest BCUT2D eigenvalue weighted by Gasteiger charge is -2.13. The maximum atomic E-state index is 12.0. The second kappa shape index (κ2) is 5.12. The Hall–Kier alpha value is -1.35. The topological polar surface area (TPSA) is 32.3 Å². The molecule has 1 aromatic rings. The minimum Gasteiger partial charge on any atom is -0.329 e. The second-order valence-corrected chi connectivity index (χ2v) is 4.21. The van der Waals surface area contributed by atoms with Gasteiger partial charge in [-0.25, -0.2) is 0 Å². The molecule has 0 bridgehead atoms. The van der Waals surface area contributed by atoms with E-state index in [2.05, 4.69) is 24.4 Å². The molecule has 0 aromatic heterocycles. The Morgan fingerprint density at radius 3 is 2.81 bits per heavy atom. The monoisotopic (exact) mass is 218 g/mol. The Morgan fingerprint density at radius 1 is 1.38 bits per heavy atom. The van der Waals surface area contributed by atoms with Crippen molar-refractivity contribution in [3.63, 3.8) is 0 Å². The number of benzene rings is 1. The van der Waals surface area contributed by atoms with E-state index in [4.69, 9.17) is 0 Å². The predicted molar refractivity (Wildman–Crippen MR) is 63.9 cm³/mol. The van der Waals surface area contributed by atoms with Gasteiger partial charge in [-0.2, -0.15) is 0 Å². The highest BCUT2D eigenvalue weighted by Gasteiger charge is 2.29. The van der Waals surface area contributed by atoms with Crippen molar-refractivity contribution in [2.24, 2.45) is 0 Å². The van der Waals surface area contributed by atoms with Gasteiger partial charge in [-0.1, -0.05) is 37.3 Å². The molecule has 1 unspecified atom stereocenters. The number of nitrogens with one attached hydrogen (secondary N) is 1. The van der Waals surface area contributed by atoms with Gasteiger partial charge in [0.15, 0.2) is 0 Å². The van der Waals surface area contributed by atoms with Gasteiger partial charge in [0, 0.05) is 6.54 Å².